The van der Waals surface area contributed by atoms with E-state index in [1.807, 2.05) is 4.57 Å². The molecule has 3 aromatic rings. The van der Waals surface area contributed by atoms with Gasteiger partial charge in [0.05, 0.1) is 6.10 Å². The van der Waals surface area contributed by atoms with Gasteiger partial charge in [-0.05, 0) is 36.6 Å². The number of aryl methyl sites for hydroxylation is 2. The second kappa shape index (κ2) is 10.7. The summed E-state index contributed by atoms with van der Waals surface area (Å²) in [5, 5.41) is 32.6. The molecule has 1 aliphatic rings. The Labute approximate surface area is 203 Å². The van der Waals surface area contributed by atoms with Crippen molar-refractivity contribution in [3.63, 3.8) is 0 Å². The Morgan fingerprint density at radius 1 is 1.09 bits per heavy atom. The van der Waals surface area contributed by atoms with Crippen molar-refractivity contribution in [2.45, 2.75) is 57.6 Å². The van der Waals surface area contributed by atoms with Crippen LogP contribution in [0.25, 0.3) is 11.2 Å². The van der Waals surface area contributed by atoms with Crippen molar-refractivity contribution >= 4 is 11.2 Å². The minimum atomic E-state index is -0.834. The zero-order valence-electron chi connectivity index (χ0n) is 20.4. The highest BCUT2D eigenvalue weighted by Gasteiger charge is 2.22. The Balaban J connectivity index is 1.47. The molecule has 0 aliphatic heterocycles. The van der Waals surface area contributed by atoms with E-state index in [2.05, 4.69) is 5.32 Å². The topological polar surface area (TPSA) is 135 Å². The minimum absolute atomic E-state index is 0.228. The molecule has 4 N–H and O–H groups in total. The van der Waals surface area contributed by atoms with Crippen LogP contribution >= 0.6 is 0 Å². The van der Waals surface area contributed by atoms with Crippen LogP contribution < -0.4 is 16.6 Å². The summed E-state index contributed by atoms with van der Waals surface area (Å²) in [5.74, 6) is 0.893. The van der Waals surface area contributed by atoms with Gasteiger partial charge in [0, 0.05) is 33.6 Å². The molecule has 0 amide bonds. The van der Waals surface area contributed by atoms with Crippen LogP contribution in [0.2, 0.25) is 0 Å². The summed E-state index contributed by atoms with van der Waals surface area (Å²) in [4.78, 5) is 30.2. The van der Waals surface area contributed by atoms with E-state index in [4.69, 9.17) is 4.98 Å². The standard InChI is InChI=1S/C25H35N5O5/c1-28-23-22(24(34)29(2)25(28)35)30(21(27-23)13-16-7-4-3-5-8-16)12-6-11-26-15-20(33)17-9-10-18(31)19(32)14-17/h9-10,14,16,20,26,31-33H,3-8,11-13,15H2,1-2H3. The van der Waals surface area contributed by atoms with Crippen LogP contribution in [-0.4, -0.2) is 47.1 Å². The number of benzene rings is 1. The Bertz CT molecular complexity index is 1300. The van der Waals surface area contributed by atoms with Gasteiger partial charge in [0.15, 0.2) is 22.7 Å². The molecule has 2 heterocycles. The molecule has 4 rings (SSSR count). The number of aliphatic hydroxyl groups is 1. The van der Waals surface area contributed by atoms with E-state index in [0.717, 1.165) is 29.7 Å². The molecule has 0 spiro atoms. The Morgan fingerprint density at radius 3 is 2.54 bits per heavy atom. The minimum Gasteiger partial charge on any atom is -0.504 e. The number of imidazole rings is 1. The first kappa shape index (κ1) is 25.0. The predicted molar refractivity (Wildman–Crippen MR) is 133 cm³/mol. The molecule has 1 fully saturated rings. The van der Waals surface area contributed by atoms with Gasteiger partial charge in [-0.1, -0.05) is 38.2 Å². The third kappa shape index (κ3) is 5.28. The number of fused-ring (bicyclic) bond motifs is 1. The highest BCUT2D eigenvalue weighted by Crippen LogP contribution is 2.28. The van der Waals surface area contributed by atoms with E-state index in [-0.39, 0.29) is 29.3 Å². The second-order valence-electron chi connectivity index (χ2n) is 9.59. The SMILES string of the molecule is Cn1c(=O)c2c(nc(CC3CCCCC3)n2CCCNCC(O)c2ccc(O)c(O)c2)n(C)c1=O. The first-order valence-electron chi connectivity index (χ1n) is 12.3. The van der Waals surface area contributed by atoms with Gasteiger partial charge in [-0.15, -0.1) is 0 Å². The molecule has 0 radical (unpaired) electrons. The third-order valence-electron chi connectivity index (χ3n) is 7.08. The van der Waals surface area contributed by atoms with E-state index in [9.17, 15) is 24.9 Å². The van der Waals surface area contributed by atoms with Gasteiger partial charge in [-0.25, -0.2) is 9.78 Å². The number of nitrogens with one attached hydrogen (secondary N) is 1. The van der Waals surface area contributed by atoms with E-state index in [1.54, 1.807) is 13.1 Å². The molecule has 10 heteroatoms. The number of phenolic OH excluding ortho intramolecular Hbond substituents is 2. The van der Waals surface area contributed by atoms with E-state index in [1.165, 1.54) is 43.0 Å². The number of hydrogen-bond acceptors (Lipinski definition) is 7. The normalized spacial score (nSPS) is 15.6. The van der Waals surface area contributed by atoms with Crippen molar-refractivity contribution in [3.8, 4) is 11.5 Å². The van der Waals surface area contributed by atoms with Crippen LogP contribution in [0.5, 0.6) is 11.5 Å². The number of aliphatic hydroxyl groups excluding tert-OH is 1. The molecule has 1 unspecified atom stereocenters. The molecule has 1 aliphatic carbocycles. The Kier molecular flexibility index (Phi) is 7.61. The lowest BCUT2D eigenvalue weighted by Gasteiger charge is -2.21. The van der Waals surface area contributed by atoms with Crippen LogP contribution in [0.4, 0.5) is 0 Å². The molecule has 1 aromatic carbocycles. The van der Waals surface area contributed by atoms with Gasteiger partial charge in [0.2, 0.25) is 0 Å². The highest BCUT2D eigenvalue weighted by molar-refractivity contribution is 5.71. The van der Waals surface area contributed by atoms with Crippen molar-refractivity contribution in [2.75, 3.05) is 13.1 Å². The number of hydrogen-bond donors (Lipinski definition) is 4. The first-order chi connectivity index (χ1) is 16.8. The molecule has 190 valence electrons. The Morgan fingerprint density at radius 2 is 1.83 bits per heavy atom. The van der Waals surface area contributed by atoms with Crippen molar-refractivity contribution in [1.29, 1.82) is 0 Å². The molecule has 35 heavy (non-hydrogen) atoms. The molecule has 10 nitrogen and oxygen atoms in total. The number of aromatic nitrogens is 4. The van der Waals surface area contributed by atoms with Gasteiger partial charge >= 0.3 is 5.69 Å². The summed E-state index contributed by atoms with van der Waals surface area (Å²) in [7, 11) is 3.14. The lowest BCUT2D eigenvalue weighted by molar-refractivity contribution is 0.174. The lowest BCUT2D eigenvalue weighted by Crippen LogP contribution is -2.37. The van der Waals surface area contributed by atoms with Crippen molar-refractivity contribution in [1.82, 2.24) is 24.0 Å². The fourth-order valence-corrected chi connectivity index (χ4v) is 5.00. The summed E-state index contributed by atoms with van der Waals surface area (Å²) in [6.45, 7) is 1.44. The second-order valence-corrected chi connectivity index (χ2v) is 9.59. The van der Waals surface area contributed by atoms with Crippen LogP contribution in [0.15, 0.2) is 27.8 Å². The smallest absolute Gasteiger partial charge is 0.332 e. The Hall–Kier alpha value is -3.11. The average Bonchev–Trinajstić information content (AvgIpc) is 3.21. The van der Waals surface area contributed by atoms with Crippen molar-refractivity contribution in [3.05, 3.63) is 50.4 Å². The van der Waals surface area contributed by atoms with Crippen LogP contribution in [-0.2, 0) is 27.1 Å². The summed E-state index contributed by atoms with van der Waals surface area (Å²) in [6.07, 6.45) is 6.68. The van der Waals surface area contributed by atoms with Crippen LogP contribution in [0.3, 0.4) is 0 Å². The number of rotatable bonds is 9. The summed E-state index contributed by atoms with van der Waals surface area (Å²) in [5.41, 5.74) is 0.681. The molecule has 0 saturated heterocycles. The molecule has 0 bridgehead atoms. The third-order valence-corrected chi connectivity index (χ3v) is 7.08. The number of nitrogens with zero attached hydrogens (tertiary/aromatic N) is 4. The van der Waals surface area contributed by atoms with E-state index >= 15 is 0 Å². The highest BCUT2D eigenvalue weighted by atomic mass is 16.3. The predicted octanol–water partition coefficient (Wildman–Crippen LogP) is 1.68. The molecular formula is C25H35N5O5. The average molecular weight is 486 g/mol. The summed E-state index contributed by atoms with van der Waals surface area (Å²) >= 11 is 0. The molecule has 1 atom stereocenters. The largest absolute Gasteiger partial charge is 0.504 e. The van der Waals surface area contributed by atoms with Crippen molar-refractivity contribution in [2.24, 2.45) is 20.0 Å². The van der Waals surface area contributed by atoms with E-state index in [0.29, 0.717) is 42.2 Å². The fourth-order valence-electron chi connectivity index (χ4n) is 5.00. The zero-order chi connectivity index (χ0) is 25.1. The van der Waals surface area contributed by atoms with Gasteiger partial charge in [0.1, 0.15) is 5.82 Å². The summed E-state index contributed by atoms with van der Waals surface area (Å²) < 4.78 is 4.55. The maximum atomic E-state index is 13.0. The van der Waals surface area contributed by atoms with Gasteiger partial charge < -0.3 is 25.2 Å². The van der Waals surface area contributed by atoms with E-state index < -0.39 is 6.10 Å². The quantitative estimate of drug-likeness (QED) is 0.268. The lowest BCUT2D eigenvalue weighted by atomic mass is 9.87. The maximum Gasteiger partial charge on any atom is 0.332 e. The molecule has 2 aromatic heterocycles. The zero-order valence-corrected chi connectivity index (χ0v) is 20.4. The van der Waals surface area contributed by atoms with Gasteiger partial charge in [0.25, 0.3) is 5.56 Å². The van der Waals surface area contributed by atoms with Gasteiger partial charge in [-0.3, -0.25) is 13.9 Å². The monoisotopic (exact) mass is 485 g/mol. The van der Waals surface area contributed by atoms with Gasteiger partial charge in [-0.2, -0.15) is 0 Å². The number of aromatic hydroxyl groups is 2. The molecular weight excluding hydrogens is 450 g/mol. The number of phenols is 2. The summed E-state index contributed by atoms with van der Waals surface area (Å²) in [6, 6.07) is 4.26. The maximum absolute atomic E-state index is 13.0. The van der Waals surface area contributed by atoms with Crippen LogP contribution in [0.1, 0.15) is 56.0 Å². The fraction of sp³-hybridized carbons (Fsp3) is 0.560. The first-order valence-corrected chi connectivity index (χ1v) is 12.3. The van der Waals surface area contributed by atoms with Crippen molar-refractivity contribution < 1.29 is 15.3 Å². The van der Waals surface area contributed by atoms with Crippen LogP contribution in [0, 0.1) is 5.92 Å². The molecule has 1 saturated carbocycles.